The van der Waals surface area contributed by atoms with Crippen molar-refractivity contribution in [2.75, 3.05) is 12.8 Å². The molecule has 0 radical (unpaired) electrons. The van der Waals surface area contributed by atoms with Gasteiger partial charge in [0.2, 0.25) is 15.9 Å². The molecule has 8 nitrogen and oxygen atoms in total. The van der Waals surface area contributed by atoms with Crippen molar-refractivity contribution in [3.05, 3.63) is 90.4 Å². The molecule has 1 aliphatic rings. The van der Waals surface area contributed by atoms with Gasteiger partial charge in [0.25, 0.3) is 0 Å². The molecule has 0 saturated carbocycles. The van der Waals surface area contributed by atoms with Crippen molar-refractivity contribution in [2.24, 2.45) is 0 Å². The number of hydrogen-bond donors (Lipinski definition) is 2. The molecule has 1 amide bonds. The van der Waals surface area contributed by atoms with Crippen LogP contribution in [0.3, 0.4) is 0 Å². The first-order valence-corrected chi connectivity index (χ1v) is 14.7. The van der Waals surface area contributed by atoms with E-state index in [-0.39, 0.29) is 39.4 Å². The second kappa shape index (κ2) is 9.02. The van der Waals surface area contributed by atoms with E-state index >= 15 is 4.39 Å². The number of hydrogen-bond acceptors (Lipinski definition) is 6. The smallest absolute Gasteiger partial charge is 0.246 e. The lowest BCUT2D eigenvalue weighted by atomic mass is 9.87. The SMILES string of the molecule is CS(=O)(=O)c1ccccc1-c1ccc([C@@]2(NS(=O)(=O)c3cccc4cccnc34)CCNC2=O)c(F)c1. The van der Waals surface area contributed by atoms with E-state index in [0.29, 0.717) is 10.9 Å². The van der Waals surface area contributed by atoms with Crippen LogP contribution < -0.4 is 10.0 Å². The van der Waals surface area contributed by atoms with Gasteiger partial charge < -0.3 is 5.32 Å². The lowest BCUT2D eigenvalue weighted by Gasteiger charge is -2.28. The summed E-state index contributed by atoms with van der Waals surface area (Å²) >= 11 is 0. The summed E-state index contributed by atoms with van der Waals surface area (Å²) < 4.78 is 69.7. The van der Waals surface area contributed by atoms with Crippen molar-refractivity contribution in [2.45, 2.75) is 21.8 Å². The second-order valence-electron chi connectivity index (χ2n) is 8.81. The first kappa shape index (κ1) is 25.0. The van der Waals surface area contributed by atoms with Gasteiger partial charge in [-0.1, -0.05) is 48.5 Å². The molecular weight excluding hydrogens is 517 g/mol. The average Bonchev–Trinajstić information content (AvgIpc) is 3.22. The minimum atomic E-state index is -4.33. The van der Waals surface area contributed by atoms with Gasteiger partial charge in [0.05, 0.1) is 10.4 Å². The average molecular weight is 540 g/mol. The highest BCUT2D eigenvalue weighted by molar-refractivity contribution is 7.91. The number of sulfone groups is 1. The number of benzene rings is 3. The first-order valence-electron chi connectivity index (χ1n) is 11.3. The van der Waals surface area contributed by atoms with Crippen LogP contribution in [0.25, 0.3) is 22.0 Å². The number of halogens is 1. The quantitative estimate of drug-likeness (QED) is 0.388. The van der Waals surface area contributed by atoms with Crippen molar-refractivity contribution in [1.29, 1.82) is 0 Å². The summed E-state index contributed by atoms with van der Waals surface area (Å²) in [5, 5.41) is 3.19. The number of para-hydroxylation sites is 1. The van der Waals surface area contributed by atoms with Crippen molar-refractivity contribution >= 4 is 36.7 Å². The van der Waals surface area contributed by atoms with Crippen LogP contribution in [0.4, 0.5) is 4.39 Å². The van der Waals surface area contributed by atoms with Gasteiger partial charge in [-0.3, -0.25) is 9.78 Å². The number of amides is 1. The third-order valence-electron chi connectivity index (χ3n) is 6.39. The number of sulfonamides is 1. The van der Waals surface area contributed by atoms with Gasteiger partial charge in [-0.15, -0.1) is 0 Å². The zero-order valence-corrected chi connectivity index (χ0v) is 21.2. The highest BCUT2D eigenvalue weighted by atomic mass is 32.2. The molecule has 3 aromatic carbocycles. The molecule has 190 valence electrons. The van der Waals surface area contributed by atoms with Crippen molar-refractivity contribution in [1.82, 2.24) is 15.0 Å². The fourth-order valence-electron chi connectivity index (χ4n) is 4.67. The highest BCUT2D eigenvalue weighted by Crippen LogP contribution is 2.36. The summed E-state index contributed by atoms with van der Waals surface area (Å²) in [6.45, 7) is 0.132. The molecule has 0 bridgehead atoms. The molecule has 5 rings (SSSR count). The molecule has 1 fully saturated rings. The monoisotopic (exact) mass is 539 g/mol. The molecule has 1 atom stereocenters. The van der Waals surface area contributed by atoms with E-state index in [4.69, 9.17) is 0 Å². The van der Waals surface area contributed by atoms with E-state index in [2.05, 4.69) is 15.0 Å². The number of nitrogens with one attached hydrogen (secondary N) is 2. The molecule has 1 aliphatic heterocycles. The lowest BCUT2D eigenvalue weighted by Crippen LogP contribution is -2.51. The Morgan fingerprint density at radius 1 is 0.946 bits per heavy atom. The highest BCUT2D eigenvalue weighted by Gasteiger charge is 2.49. The van der Waals surface area contributed by atoms with Crippen molar-refractivity contribution < 1.29 is 26.0 Å². The van der Waals surface area contributed by atoms with E-state index in [1.807, 2.05) is 0 Å². The molecule has 1 aromatic heterocycles. The fraction of sp³-hybridized carbons (Fsp3) is 0.154. The predicted molar refractivity (Wildman–Crippen MR) is 136 cm³/mol. The summed E-state index contributed by atoms with van der Waals surface area (Å²) in [4.78, 5) is 17.1. The summed E-state index contributed by atoms with van der Waals surface area (Å²) in [6.07, 6.45) is 2.50. The molecule has 0 spiro atoms. The molecular formula is C26H22FN3O5S2. The standard InChI is InChI=1S/C26H22FN3O5S2/c1-36(32,33)22-9-3-2-8-19(22)18-11-12-20(21(27)16-18)26(13-15-29-25(26)31)30-37(34,35)23-10-4-6-17-7-5-14-28-24(17)23/h2-12,14,16,30H,13,15H2,1H3,(H,29,31)/t26-/m0/s1. The third-order valence-corrected chi connectivity index (χ3v) is 9.07. The van der Waals surface area contributed by atoms with Crippen LogP contribution >= 0.6 is 0 Å². The van der Waals surface area contributed by atoms with Crippen LogP contribution in [-0.2, 0) is 30.2 Å². The van der Waals surface area contributed by atoms with Crippen molar-refractivity contribution in [3.63, 3.8) is 0 Å². The minimum absolute atomic E-state index is 0.0274. The van der Waals surface area contributed by atoms with Crippen LogP contribution in [-0.4, -0.2) is 40.5 Å². The summed E-state index contributed by atoms with van der Waals surface area (Å²) in [6, 6.07) is 18.1. The van der Waals surface area contributed by atoms with Crippen LogP contribution in [0.5, 0.6) is 0 Å². The van der Waals surface area contributed by atoms with Crippen molar-refractivity contribution in [3.8, 4) is 11.1 Å². The van der Waals surface area contributed by atoms with Crippen LogP contribution in [0.1, 0.15) is 12.0 Å². The maximum atomic E-state index is 15.7. The topological polar surface area (TPSA) is 122 Å². The Bertz CT molecular complexity index is 1770. The third kappa shape index (κ3) is 4.39. The van der Waals surface area contributed by atoms with Gasteiger partial charge >= 0.3 is 0 Å². The molecule has 37 heavy (non-hydrogen) atoms. The van der Waals surface area contributed by atoms with E-state index in [1.54, 1.807) is 42.5 Å². The summed E-state index contributed by atoms with van der Waals surface area (Å²) in [7, 11) is -7.93. The molecule has 1 saturated heterocycles. The Kier molecular flexibility index (Phi) is 6.09. The van der Waals surface area contributed by atoms with Gasteiger partial charge in [-0.05, 0) is 36.2 Å². The second-order valence-corrected chi connectivity index (χ2v) is 12.4. The fourth-order valence-corrected chi connectivity index (χ4v) is 7.14. The molecule has 2 N–H and O–H groups in total. The molecule has 2 heterocycles. The van der Waals surface area contributed by atoms with Gasteiger partial charge in [0.1, 0.15) is 16.3 Å². The Labute approximate surface area is 213 Å². The Balaban J connectivity index is 1.62. The number of aromatic nitrogens is 1. The summed E-state index contributed by atoms with van der Waals surface area (Å²) in [5.74, 6) is -1.54. The van der Waals surface area contributed by atoms with E-state index in [9.17, 15) is 21.6 Å². The number of carbonyl (C=O) groups excluding carboxylic acids is 1. The van der Waals surface area contributed by atoms with Crippen LogP contribution in [0.2, 0.25) is 0 Å². The minimum Gasteiger partial charge on any atom is -0.354 e. The number of rotatable bonds is 6. The number of carbonyl (C=O) groups is 1. The Morgan fingerprint density at radius 3 is 2.38 bits per heavy atom. The number of nitrogens with zero attached hydrogens (tertiary/aromatic N) is 1. The maximum Gasteiger partial charge on any atom is 0.246 e. The lowest BCUT2D eigenvalue weighted by molar-refractivity contribution is -0.124. The van der Waals surface area contributed by atoms with E-state index in [1.165, 1.54) is 30.5 Å². The maximum absolute atomic E-state index is 15.7. The predicted octanol–water partition coefficient (Wildman–Crippen LogP) is 3.14. The Morgan fingerprint density at radius 2 is 1.68 bits per heavy atom. The number of pyridine rings is 1. The molecule has 11 heteroatoms. The van der Waals surface area contributed by atoms with Gasteiger partial charge in [-0.25, -0.2) is 21.2 Å². The van der Waals surface area contributed by atoms with E-state index < -0.39 is 37.1 Å². The first-order chi connectivity index (χ1) is 17.5. The molecule has 0 aliphatic carbocycles. The summed E-state index contributed by atoms with van der Waals surface area (Å²) in [5.41, 5.74) is -1.28. The zero-order valence-electron chi connectivity index (χ0n) is 19.6. The van der Waals surface area contributed by atoms with Gasteiger partial charge in [-0.2, -0.15) is 4.72 Å². The number of fused-ring (bicyclic) bond motifs is 1. The van der Waals surface area contributed by atoms with E-state index in [0.717, 1.165) is 12.3 Å². The molecule has 0 unspecified atom stereocenters. The zero-order chi connectivity index (χ0) is 26.4. The normalized spacial score (nSPS) is 18.2. The molecule has 4 aromatic rings. The van der Waals surface area contributed by atoms with Crippen LogP contribution in [0.15, 0.2) is 88.8 Å². The van der Waals surface area contributed by atoms with Crippen LogP contribution in [0, 0.1) is 5.82 Å². The van der Waals surface area contributed by atoms with Gasteiger partial charge in [0.15, 0.2) is 9.84 Å². The van der Waals surface area contributed by atoms with Gasteiger partial charge in [0, 0.05) is 35.5 Å². The Hall–Kier alpha value is -3.67. The largest absolute Gasteiger partial charge is 0.354 e.